The number of hydrogen-bond donors (Lipinski definition) is 1. The number of rotatable bonds is 5. The molecule has 1 aromatic heterocycles. The van der Waals surface area contributed by atoms with Crippen LogP contribution in [0, 0.1) is 5.82 Å². The molecule has 128 valence electrons. The molecule has 2 aromatic rings. The number of nitrogens with zero attached hydrogens (tertiary/aromatic N) is 1. The number of benzene rings is 1. The Bertz CT molecular complexity index is 909. The zero-order valence-corrected chi connectivity index (χ0v) is 14.9. The smallest absolute Gasteiger partial charge is 0.249 e. The molecule has 1 aliphatic rings. The van der Waals surface area contributed by atoms with Gasteiger partial charge in [-0.15, -0.1) is 11.8 Å². The SMILES string of the molecule is CC(C)(Sc1ccnc2ccc(F)cc12)C(=O)NS(=O)(=O)C1CC1. The second-order valence-corrected chi connectivity index (χ2v) is 9.88. The van der Waals surface area contributed by atoms with Gasteiger partial charge in [0.15, 0.2) is 0 Å². The minimum Gasteiger partial charge on any atom is -0.272 e. The van der Waals surface area contributed by atoms with Crippen molar-refractivity contribution < 1.29 is 17.6 Å². The van der Waals surface area contributed by atoms with E-state index in [0.717, 1.165) is 0 Å². The summed E-state index contributed by atoms with van der Waals surface area (Å²) in [7, 11) is -3.60. The van der Waals surface area contributed by atoms with Crippen molar-refractivity contribution in [1.82, 2.24) is 9.71 Å². The Morgan fingerprint density at radius 2 is 2.04 bits per heavy atom. The number of amides is 1. The summed E-state index contributed by atoms with van der Waals surface area (Å²) in [4.78, 5) is 17.3. The molecule has 0 bridgehead atoms. The third kappa shape index (κ3) is 3.54. The number of halogens is 1. The van der Waals surface area contributed by atoms with E-state index in [1.165, 1.54) is 23.9 Å². The molecular weight excluding hydrogens is 351 g/mol. The first-order valence-corrected chi connectivity index (χ1v) is 9.85. The van der Waals surface area contributed by atoms with Gasteiger partial charge in [-0.25, -0.2) is 12.8 Å². The van der Waals surface area contributed by atoms with E-state index in [9.17, 15) is 17.6 Å². The Morgan fingerprint density at radius 3 is 2.71 bits per heavy atom. The van der Waals surface area contributed by atoms with Gasteiger partial charge in [0, 0.05) is 16.5 Å². The number of carbonyl (C=O) groups is 1. The first kappa shape index (κ1) is 17.2. The number of pyridine rings is 1. The van der Waals surface area contributed by atoms with Crippen LogP contribution in [0.1, 0.15) is 26.7 Å². The number of sulfonamides is 1. The molecule has 0 aliphatic heterocycles. The van der Waals surface area contributed by atoms with Gasteiger partial charge in [0.2, 0.25) is 15.9 Å². The average molecular weight is 368 g/mol. The molecule has 0 atom stereocenters. The molecule has 1 N–H and O–H groups in total. The second kappa shape index (κ2) is 6.00. The van der Waals surface area contributed by atoms with E-state index < -0.39 is 31.7 Å². The fourth-order valence-corrected chi connectivity index (χ4v) is 4.81. The molecule has 3 rings (SSSR count). The maximum absolute atomic E-state index is 13.5. The van der Waals surface area contributed by atoms with Crippen molar-refractivity contribution in [2.24, 2.45) is 0 Å². The number of carbonyl (C=O) groups excluding carboxylic acids is 1. The van der Waals surface area contributed by atoms with Crippen molar-refractivity contribution in [3.63, 3.8) is 0 Å². The highest BCUT2D eigenvalue weighted by atomic mass is 32.2. The fraction of sp³-hybridized carbons (Fsp3) is 0.375. The molecule has 1 saturated carbocycles. The van der Waals surface area contributed by atoms with Crippen LogP contribution in [0.5, 0.6) is 0 Å². The summed E-state index contributed by atoms with van der Waals surface area (Å²) in [6.07, 6.45) is 2.76. The standard InChI is InChI=1S/C16H17FN2O3S2/c1-16(2,15(20)19-24(21,22)11-4-5-11)23-14-7-8-18-13-6-3-10(17)9-12(13)14/h3,6-9,11H,4-5H2,1-2H3,(H,19,20). The molecule has 24 heavy (non-hydrogen) atoms. The van der Waals surface area contributed by atoms with Gasteiger partial charge < -0.3 is 0 Å². The van der Waals surface area contributed by atoms with Crippen molar-refractivity contribution in [3.05, 3.63) is 36.3 Å². The minimum absolute atomic E-state index is 0.393. The number of nitrogens with one attached hydrogen (secondary N) is 1. The van der Waals surface area contributed by atoms with Gasteiger partial charge >= 0.3 is 0 Å². The molecule has 0 unspecified atom stereocenters. The maximum atomic E-state index is 13.5. The first-order chi connectivity index (χ1) is 11.2. The fourth-order valence-electron chi connectivity index (χ4n) is 2.22. The van der Waals surface area contributed by atoms with Crippen LogP contribution >= 0.6 is 11.8 Å². The Labute approximate surface area is 144 Å². The summed E-state index contributed by atoms with van der Waals surface area (Å²) >= 11 is 1.18. The van der Waals surface area contributed by atoms with Gasteiger partial charge in [-0.05, 0) is 51.0 Å². The lowest BCUT2D eigenvalue weighted by atomic mass is 10.2. The number of fused-ring (bicyclic) bond motifs is 1. The van der Waals surface area contributed by atoms with Gasteiger partial charge in [0.05, 0.1) is 15.5 Å². The third-order valence-corrected chi connectivity index (χ3v) is 6.86. The molecule has 1 amide bonds. The van der Waals surface area contributed by atoms with E-state index in [1.54, 1.807) is 32.2 Å². The van der Waals surface area contributed by atoms with Crippen LogP contribution in [0.25, 0.3) is 10.9 Å². The summed E-state index contributed by atoms with van der Waals surface area (Å²) in [6, 6.07) is 5.94. The first-order valence-electron chi connectivity index (χ1n) is 7.48. The van der Waals surface area contributed by atoms with Crippen molar-refractivity contribution in [2.75, 3.05) is 0 Å². The van der Waals surface area contributed by atoms with Crippen LogP contribution in [0.3, 0.4) is 0 Å². The van der Waals surface area contributed by atoms with E-state index in [2.05, 4.69) is 9.71 Å². The van der Waals surface area contributed by atoms with Gasteiger partial charge in [-0.1, -0.05) is 0 Å². The molecular formula is C16H17FN2O3S2. The minimum atomic E-state index is -3.60. The summed E-state index contributed by atoms with van der Waals surface area (Å²) in [6.45, 7) is 3.28. The average Bonchev–Trinajstić information content (AvgIpc) is 3.32. The number of aromatic nitrogens is 1. The zero-order valence-electron chi connectivity index (χ0n) is 13.2. The highest BCUT2D eigenvalue weighted by molar-refractivity contribution is 8.01. The zero-order chi connectivity index (χ0) is 17.5. The van der Waals surface area contributed by atoms with Gasteiger partial charge in [0.25, 0.3) is 0 Å². The summed E-state index contributed by atoms with van der Waals surface area (Å²) < 4.78 is 38.6. The van der Waals surface area contributed by atoms with E-state index in [-0.39, 0.29) is 0 Å². The molecule has 0 radical (unpaired) electrons. The molecule has 8 heteroatoms. The predicted octanol–water partition coefficient (Wildman–Crippen LogP) is 2.85. The van der Waals surface area contributed by atoms with Crippen molar-refractivity contribution >= 4 is 38.6 Å². The molecule has 0 spiro atoms. The van der Waals surface area contributed by atoms with E-state index in [0.29, 0.717) is 28.6 Å². The van der Waals surface area contributed by atoms with Gasteiger partial charge in [0.1, 0.15) is 5.82 Å². The van der Waals surface area contributed by atoms with Gasteiger partial charge in [-0.2, -0.15) is 0 Å². The summed E-state index contributed by atoms with van der Waals surface area (Å²) in [5.41, 5.74) is 0.614. The normalized spacial score (nSPS) is 15.5. The van der Waals surface area contributed by atoms with E-state index in [1.807, 2.05) is 0 Å². The predicted molar refractivity (Wildman–Crippen MR) is 91.7 cm³/mol. The van der Waals surface area contributed by atoms with Crippen LogP contribution < -0.4 is 4.72 Å². The topological polar surface area (TPSA) is 76.1 Å². The van der Waals surface area contributed by atoms with E-state index >= 15 is 0 Å². The van der Waals surface area contributed by atoms with E-state index in [4.69, 9.17) is 0 Å². The molecule has 1 aromatic carbocycles. The van der Waals surface area contributed by atoms with Crippen LogP contribution in [-0.4, -0.2) is 29.3 Å². The Balaban J connectivity index is 1.86. The Kier molecular flexibility index (Phi) is 4.29. The monoisotopic (exact) mass is 368 g/mol. The molecule has 1 aliphatic carbocycles. The molecule has 0 saturated heterocycles. The van der Waals surface area contributed by atoms with Crippen LogP contribution in [0.2, 0.25) is 0 Å². The van der Waals surface area contributed by atoms with Crippen molar-refractivity contribution in [3.8, 4) is 0 Å². The lowest BCUT2D eigenvalue weighted by molar-refractivity contribution is -0.120. The van der Waals surface area contributed by atoms with Crippen molar-refractivity contribution in [1.29, 1.82) is 0 Å². The summed E-state index contributed by atoms with van der Waals surface area (Å²) in [5.74, 6) is -0.975. The Morgan fingerprint density at radius 1 is 1.33 bits per heavy atom. The van der Waals surface area contributed by atoms with Crippen LogP contribution in [0.4, 0.5) is 4.39 Å². The molecule has 1 fully saturated rings. The van der Waals surface area contributed by atoms with Gasteiger partial charge in [-0.3, -0.25) is 14.5 Å². The third-order valence-electron chi connectivity index (χ3n) is 3.77. The highest BCUT2D eigenvalue weighted by Crippen LogP contribution is 2.37. The van der Waals surface area contributed by atoms with Crippen LogP contribution in [-0.2, 0) is 14.8 Å². The highest BCUT2D eigenvalue weighted by Gasteiger charge is 2.40. The van der Waals surface area contributed by atoms with Crippen molar-refractivity contribution in [2.45, 2.75) is 41.6 Å². The lowest BCUT2D eigenvalue weighted by Crippen LogP contribution is -2.44. The largest absolute Gasteiger partial charge is 0.272 e. The lowest BCUT2D eigenvalue weighted by Gasteiger charge is -2.23. The number of thioether (sulfide) groups is 1. The molecule has 5 nitrogen and oxygen atoms in total. The maximum Gasteiger partial charge on any atom is 0.249 e. The number of hydrogen-bond acceptors (Lipinski definition) is 5. The summed E-state index contributed by atoms with van der Waals surface area (Å²) in [5, 5.41) is 0.131. The Hall–Kier alpha value is -1.67. The molecule has 1 heterocycles. The van der Waals surface area contributed by atoms with Crippen LogP contribution in [0.15, 0.2) is 35.4 Å². The second-order valence-electron chi connectivity index (χ2n) is 6.26. The quantitative estimate of drug-likeness (QED) is 0.822.